The Morgan fingerprint density at radius 3 is 2.73 bits per heavy atom. The second kappa shape index (κ2) is 6.12. The minimum atomic E-state index is -0.688. The van der Waals surface area contributed by atoms with Crippen molar-refractivity contribution in [2.45, 2.75) is 24.7 Å². The van der Waals surface area contributed by atoms with Gasteiger partial charge in [-0.15, -0.1) is 0 Å². The first-order valence-electron chi connectivity index (χ1n) is 8.61. The highest BCUT2D eigenvalue weighted by Crippen LogP contribution is 2.52. The summed E-state index contributed by atoms with van der Waals surface area (Å²) < 4.78 is 20.2. The summed E-state index contributed by atoms with van der Waals surface area (Å²) in [5.41, 5.74) is 0.931. The Bertz CT molecular complexity index is 906. The van der Waals surface area contributed by atoms with E-state index in [2.05, 4.69) is 10.6 Å². The molecule has 2 aromatic rings. The molecule has 1 saturated carbocycles. The summed E-state index contributed by atoms with van der Waals surface area (Å²) in [7, 11) is 1.57. The lowest BCUT2D eigenvalue weighted by molar-refractivity contribution is -0.118. The average molecular weight is 354 g/mol. The molecule has 2 aromatic carbocycles. The molecule has 0 unspecified atom stereocenters. The van der Waals surface area contributed by atoms with Crippen molar-refractivity contribution < 1.29 is 18.7 Å². The number of benzene rings is 2. The molecule has 0 radical (unpaired) electrons. The molecule has 2 N–H and O–H groups in total. The van der Waals surface area contributed by atoms with Gasteiger partial charge in [0, 0.05) is 23.2 Å². The molecular formula is C20H19FN2O3. The fourth-order valence-electron chi connectivity index (χ4n) is 3.60. The molecule has 2 amide bonds. The van der Waals surface area contributed by atoms with Crippen LogP contribution in [0.3, 0.4) is 0 Å². The summed E-state index contributed by atoms with van der Waals surface area (Å²) in [5, 5.41) is 5.41. The van der Waals surface area contributed by atoms with Gasteiger partial charge in [0.05, 0.1) is 18.2 Å². The SMILES string of the molecule is COc1ccccc1C1(C(=O)Nc2ccc3c(c2F)CCNC3=O)CC1. The number of hydrogen-bond acceptors (Lipinski definition) is 3. The standard InChI is InChI=1S/C20H19FN2O3/c1-26-16-5-3-2-4-14(16)20(9-10-20)19(25)23-15-7-6-13-12(17(15)21)8-11-22-18(13)24/h2-7H,8-11H2,1H3,(H,22,24)(H,23,25). The Labute approximate surface area is 150 Å². The Morgan fingerprint density at radius 1 is 1.23 bits per heavy atom. The molecule has 6 heteroatoms. The summed E-state index contributed by atoms with van der Waals surface area (Å²) in [6.45, 7) is 0.394. The average Bonchev–Trinajstić information content (AvgIpc) is 3.46. The number of fused-ring (bicyclic) bond motifs is 1. The number of rotatable bonds is 4. The molecule has 0 aromatic heterocycles. The van der Waals surface area contributed by atoms with E-state index in [1.807, 2.05) is 24.3 Å². The van der Waals surface area contributed by atoms with Gasteiger partial charge in [0.15, 0.2) is 5.82 Å². The van der Waals surface area contributed by atoms with Gasteiger partial charge in [-0.2, -0.15) is 0 Å². The number of carbonyl (C=O) groups is 2. The second-order valence-electron chi connectivity index (χ2n) is 6.70. The van der Waals surface area contributed by atoms with Crippen LogP contribution >= 0.6 is 0 Å². The van der Waals surface area contributed by atoms with Crippen molar-refractivity contribution in [3.05, 3.63) is 58.9 Å². The van der Waals surface area contributed by atoms with Gasteiger partial charge in [0.1, 0.15) is 5.75 Å². The third kappa shape index (κ3) is 2.53. The predicted octanol–water partition coefficient (Wildman–Crippen LogP) is 2.79. The monoisotopic (exact) mass is 354 g/mol. The van der Waals surface area contributed by atoms with Gasteiger partial charge in [-0.05, 0) is 37.5 Å². The van der Waals surface area contributed by atoms with E-state index < -0.39 is 11.2 Å². The zero-order valence-electron chi connectivity index (χ0n) is 14.4. The van der Waals surface area contributed by atoms with Gasteiger partial charge < -0.3 is 15.4 Å². The molecule has 26 heavy (non-hydrogen) atoms. The molecule has 134 valence electrons. The normalized spacial score (nSPS) is 17.1. The van der Waals surface area contributed by atoms with Gasteiger partial charge in [-0.1, -0.05) is 18.2 Å². The van der Waals surface area contributed by atoms with Gasteiger partial charge in [0.2, 0.25) is 5.91 Å². The van der Waals surface area contributed by atoms with E-state index in [0.717, 1.165) is 5.56 Å². The molecule has 0 atom stereocenters. The van der Waals surface area contributed by atoms with Crippen molar-refractivity contribution in [2.75, 3.05) is 19.0 Å². The molecule has 1 heterocycles. The summed E-state index contributed by atoms with van der Waals surface area (Å²) >= 11 is 0. The Balaban J connectivity index is 1.64. The van der Waals surface area contributed by atoms with Crippen LogP contribution in [-0.2, 0) is 16.6 Å². The van der Waals surface area contributed by atoms with Crippen molar-refractivity contribution in [3.8, 4) is 5.75 Å². The van der Waals surface area contributed by atoms with Crippen molar-refractivity contribution in [2.24, 2.45) is 0 Å². The number of para-hydroxylation sites is 1. The van der Waals surface area contributed by atoms with Crippen molar-refractivity contribution in [1.82, 2.24) is 5.32 Å². The third-order valence-electron chi connectivity index (χ3n) is 5.20. The number of ether oxygens (including phenoxy) is 1. The molecular weight excluding hydrogens is 335 g/mol. The van der Waals surface area contributed by atoms with Gasteiger partial charge in [-0.25, -0.2) is 4.39 Å². The van der Waals surface area contributed by atoms with Crippen LogP contribution in [-0.4, -0.2) is 25.5 Å². The maximum atomic E-state index is 14.8. The number of nitrogens with one attached hydrogen (secondary N) is 2. The second-order valence-corrected chi connectivity index (χ2v) is 6.70. The van der Waals surface area contributed by atoms with Crippen LogP contribution in [0.15, 0.2) is 36.4 Å². The Hall–Kier alpha value is -2.89. The molecule has 0 bridgehead atoms. The lowest BCUT2D eigenvalue weighted by Crippen LogP contribution is -2.33. The lowest BCUT2D eigenvalue weighted by Gasteiger charge is -2.21. The highest BCUT2D eigenvalue weighted by Gasteiger charge is 2.53. The third-order valence-corrected chi connectivity index (χ3v) is 5.20. The molecule has 5 nitrogen and oxygen atoms in total. The van der Waals surface area contributed by atoms with Crippen molar-refractivity contribution >= 4 is 17.5 Å². The van der Waals surface area contributed by atoms with Crippen LogP contribution < -0.4 is 15.4 Å². The number of anilines is 1. The van der Waals surface area contributed by atoms with Crippen LogP contribution in [0, 0.1) is 5.82 Å². The van der Waals surface area contributed by atoms with Gasteiger partial charge in [-0.3, -0.25) is 9.59 Å². The summed E-state index contributed by atoms with van der Waals surface area (Å²) in [4.78, 5) is 24.8. The lowest BCUT2D eigenvalue weighted by atomic mass is 9.93. The first-order chi connectivity index (χ1) is 12.6. The topological polar surface area (TPSA) is 67.4 Å². The maximum Gasteiger partial charge on any atom is 0.251 e. The minimum Gasteiger partial charge on any atom is -0.496 e. The van der Waals surface area contributed by atoms with Crippen LogP contribution in [0.1, 0.15) is 34.3 Å². The van der Waals surface area contributed by atoms with E-state index in [-0.39, 0.29) is 17.5 Å². The van der Waals surface area contributed by atoms with E-state index in [0.29, 0.717) is 42.7 Å². The number of halogens is 1. The van der Waals surface area contributed by atoms with Crippen LogP contribution in [0.5, 0.6) is 5.75 Å². The smallest absolute Gasteiger partial charge is 0.251 e. The molecule has 0 spiro atoms. The first-order valence-corrected chi connectivity index (χ1v) is 8.61. The first kappa shape index (κ1) is 16.6. The number of hydrogen-bond donors (Lipinski definition) is 2. The van der Waals surface area contributed by atoms with Crippen LogP contribution in [0.2, 0.25) is 0 Å². The fraction of sp³-hybridized carbons (Fsp3) is 0.300. The summed E-state index contributed by atoms with van der Waals surface area (Å²) in [6, 6.07) is 10.4. The molecule has 2 aliphatic rings. The van der Waals surface area contributed by atoms with Crippen molar-refractivity contribution in [1.29, 1.82) is 0 Å². The molecule has 1 aliphatic carbocycles. The van der Waals surface area contributed by atoms with E-state index in [9.17, 15) is 14.0 Å². The van der Waals surface area contributed by atoms with E-state index in [4.69, 9.17) is 4.74 Å². The summed E-state index contributed by atoms with van der Waals surface area (Å²) in [5.74, 6) is -0.402. The summed E-state index contributed by atoms with van der Waals surface area (Å²) in [6.07, 6.45) is 1.79. The van der Waals surface area contributed by atoms with Crippen LogP contribution in [0.4, 0.5) is 10.1 Å². The maximum absolute atomic E-state index is 14.8. The number of amides is 2. The minimum absolute atomic E-state index is 0.115. The highest BCUT2D eigenvalue weighted by molar-refractivity contribution is 6.03. The molecule has 1 aliphatic heterocycles. The Kier molecular flexibility index (Phi) is 3.90. The zero-order valence-corrected chi connectivity index (χ0v) is 14.4. The quantitative estimate of drug-likeness (QED) is 0.887. The van der Waals surface area contributed by atoms with E-state index in [1.54, 1.807) is 13.2 Å². The van der Waals surface area contributed by atoms with Gasteiger partial charge >= 0.3 is 0 Å². The largest absolute Gasteiger partial charge is 0.496 e. The van der Waals surface area contributed by atoms with Crippen LogP contribution in [0.25, 0.3) is 0 Å². The predicted molar refractivity (Wildman–Crippen MR) is 95.0 cm³/mol. The Morgan fingerprint density at radius 2 is 2.00 bits per heavy atom. The highest BCUT2D eigenvalue weighted by atomic mass is 19.1. The number of carbonyl (C=O) groups excluding carboxylic acids is 2. The van der Waals surface area contributed by atoms with Gasteiger partial charge in [0.25, 0.3) is 5.91 Å². The van der Waals surface area contributed by atoms with Crippen molar-refractivity contribution in [3.63, 3.8) is 0 Å². The molecule has 1 fully saturated rings. The zero-order chi connectivity index (χ0) is 18.3. The van der Waals surface area contributed by atoms with E-state index >= 15 is 0 Å². The molecule has 0 saturated heterocycles. The van der Waals surface area contributed by atoms with E-state index in [1.165, 1.54) is 6.07 Å². The fourth-order valence-corrected chi connectivity index (χ4v) is 3.60. The number of methoxy groups -OCH3 is 1. The molecule has 4 rings (SSSR count).